The molecule has 0 spiro atoms. The Labute approximate surface area is 176 Å². The fourth-order valence-corrected chi connectivity index (χ4v) is 3.03. The van der Waals surface area contributed by atoms with Crippen LogP contribution in [0.4, 0.5) is 20.4 Å². The smallest absolute Gasteiger partial charge is 0.309 e. The van der Waals surface area contributed by atoms with Crippen LogP contribution in [0.15, 0.2) is 36.7 Å². The van der Waals surface area contributed by atoms with Gasteiger partial charge in [0.05, 0.1) is 12.5 Å². The van der Waals surface area contributed by atoms with Crippen molar-refractivity contribution in [2.45, 2.75) is 12.8 Å². The van der Waals surface area contributed by atoms with Gasteiger partial charge < -0.3 is 20.3 Å². The van der Waals surface area contributed by atoms with Gasteiger partial charge in [0.2, 0.25) is 11.9 Å². The molecule has 2 aromatic rings. The fraction of sp³-hybridized carbons (Fsp3) is 0.350. The minimum Gasteiger partial charge on any atom is -0.455 e. The van der Waals surface area contributed by atoms with Gasteiger partial charge in [-0.2, -0.15) is 0 Å². The highest BCUT2D eigenvalue weighted by Crippen LogP contribution is 2.21. The van der Waals surface area contributed by atoms with Crippen LogP contribution in [0.5, 0.6) is 0 Å². The molecular weight excluding hydrogens is 412 g/mol. The van der Waals surface area contributed by atoms with Crippen molar-refractivity contribution in [2.24, 2.45) is 5.92 Å². The van der Waals surface area contributed by atoms with E-state index in [1.54, 1.807) is 18.5 Å². The van der Waals surface area contributed by atoms with Crippen LogP contribution in [0, 0.1) is 17.6 Å². The molecule has 1 saturated heterocycles. The van der Waals surface area contributed by atoms with E-state index in [1.807, 2.05) is 4.90 Å². The predicted molar refractivity (Wildman–Crippen MR) is 106 cm³/mol. The Bertz CT molecular complexity index is 936. The topological polar surface area (TPSA) is 114 Å². The monoisotopic (exact) mass is 433 g/mol. The Morgan fingerprint density at radius 3 is 2.45 bits per heavy atom. The average molecular weight is 433 g/mol. The van der Waals surface area contributed by atoms with Crippen molar-refractivity contribution in [1.29, 1.82) is 0 Å². The molecule has 164 valence electrons. The zero-order chi connectivity index (χ0) is 22.2. The second kappa shape index (κ2) is 10.4. The normalized spacial score (nSPS) is 14.1. The van der Waals surface area contributed by atoms with Crippen LogP contribution in [0.1, 0.15) is 12.8 Å². The van der Waals surface area contributed by atoms with Gasteiger partial charge in [-0.3, -0.25) is 14.4 Å². The molecule has 11 heteroatoms. The summed E-state index contributed by atoms with van der Waals surface area (Å²) in [5.74, 6) is -3.62. The number of anilines is 2. The van der Waals surface area contributed by atoms with Gasteiger partial charge in [0, 0.05) is 37.2 Å². The number of amides is 2. The Morgan fingerprint density at radius 2 is 1.77 bits per heavy atom. The summed E-state index contributed by atoms with van der Waals surface area (Å²) in [6.07, 6.45) is 4.41. The van der Waals surface area contributed by atoms with E-state index in [0.717, 1.165) is 12.1 Å². The van der Waals surface area contributed by atoms with Crippen molar-refractivity contribution in [2.75, 3.05) is 36.5 Å². The van der Waals surface area contributed by atoms with E-state index < -0.39 is 42.6 Å². The molecule has 0 unspecified atom stereocenters. The minimum absolute atomic E-state index is 0.0526. The number of esters is 1. The molecule has 1 fully saturated rings. The van der Waals surface area contributed by atoms with Crippen molar-refractivity contribution in [3.8, 4) is 0 Å². The number of aromatic nitrogens is 2. The van der Waals surface area contributed by atoms with E-state index >= 15 is 0 Å². The number of benzene rings is 1. The number of rotatable bonds is 7. The van der Waals surface area contributed by atoms with Crippen molar-refractivity contribution in [3.05, 3.63) is 48.3 Å². The molecule has 2 N–H and O–H groups in total. The Hall–Kier alpha value is -3.63. The number of nitrogens with one attached hydrogen (secondary N) is 2. The molecule has 0 aliphatic carbocycles. The quantitative estimate of drug-likeness (QED) is 0.632. The first-order chi connectivity index (χ1) is 14.9. The third-order valence-electron chi connectivity index (χ3n) is 4.66. The van der Waals surface area contributed by atoms with Crippen LogP contribution in [0.3, 0.4) is 0 Å². The molecule has 0 saturated carbocycles. The van der Waals surface area contributed by atoms with Crippen LogP contribution in [-0.2, 0) is 19.1 Å². The first kappa shape index (κ1) is 22.1. The van der Waals surface area contributed by atoms with Gasteiger partial charge in [-0.15, -0.1) is 0 Å². The lowest BCUT2D eigenvalue weighted by Crippen LogP contribution is -2.39. The Morgan fingerprint density at radius 1 is 1.06 bits per heavy atom. The maximum atomic E-state index is 13.1. The van der Waals surface area contributed by atoms with Crippen LogP contribution in [0.2, 0.25) is 0 Å². The molecular formula is C20H21F2N5O4. The fourth-order valence-electron chi connectivity index (χ4n) is 3.03. The lowest BCUT2D eigenvalue weighted by atomic mass is 9.97. The van der Waals surface area contributed by atoms with Crippen molar-refractivity contribution in [1.82, 2.24) is 15.3 Å². The SMILES string of the molecule is O=C(COC(=O)C1CCN(c2ncccn2)CC1)NCC(=O)Nc1ccc(F)c(F)c1. The largest absolute Gasteiger partial charge is 0.455 e. The first-order valence-corrected chi connectivity index (χ1v) is 9.62. The van der Waals surface area contributed by atoms with Gasteiger partial charge in [0.1, 0.15) is 0 Å². The van der Waals surface area contributed by atoms with Crippen molar-refractivity contribution >= 4 is 29.4 Å². The number of carbonyl (C=O) groups excluding carboxylic acids is 3. The van der Waals surface area contributed by atoms with Crippen molar-refractivity contribution in [3.63, 3.8) is 0 Å². The van der Waals surface area contributed by atoms with Crippen molar-refractivity contribution < 1.29 is 27.9 Å². The van der Waals surface area contributed by atoms with E-state index in [1.165, 1.54) is 6.07 Å². The minimum atomic E-state index is -1.10. The molecule has 1 aliphatic heterocycles. The third-order valence-corrected chi connectivity index (χ3v) is 4.66. The Balaban J connectivity index is 1.34. The molecule has 2 heterocycles. The van der Waals surface area contributed by atoms with E-state index in [9.17, 15) is 23.2 Å². The van der Waals surface area contributed by atoms with Gasteiger partial charge in [-0.1, -0.05) is 0 Å². The Kier molecular flexibility index (Phi) is 7.41. The predicted octanol–water partition coefficient (Wildman–Crippen LogP) is 1.27. The van der Waals surface area contributed by atoms with E-state index in [0.29, 0.717) is 31.9 Å². The summed E-state index contributed by atoms with van der Waals surface area (Å²) in [6.45, 7) is 0.268. The zero-order valence-corrected chi connectivity index (χ0v) is 16.5. The summed E-state index contributed by atoms with van der Waals surface area (Å²) in [7, 11) is 0. The standard InChI is InChI=1S/C20H21F2N5O4/c21-15-3-2-14(10-16(15)22)26-17(28)11-25-18(29)12-31-19(30)13-4-8-27(9-5-13)20-23-6-1-7-24-20/h1-3,6-7,10,13H,4-5,8-9,11-12H2,(H,25,29)(H,26,28). The molecule has 9 nitrogen and oxygen atoms in total. The number of nitrogens with zero attached hydrogens (tertiary/aromatic N) is 3. The van der Waals surface area contributed by atoms with Crippen LogP contribution in [-0.4, -0.2) is 54.0 Å². The zero-order valence-electron chi connectivity index (χ0n) is 16.5. The molecule has 1 aromatic carbocycles. The maximum absolute atomic E-state index is 13.1. The average Bonchev–Trinajstić information content (AvgIpc) is 2.79. The van der Waals surface area contributed by atoms with Gasteiger partial charge in [-0.05, 0) is 31.0 Å². The summed E-state index contributed by atoms with van der Waals surface area (Å²) in [5, 5.41) is 4.61. The number of piperidine rings is 1. The molecule has 3 rings (SSSR count). The van der Waals surface area contributed by atoms with E-state index in [2.05, 4.69) is 20.6 Å². The first-order valence-electron chi connectivity index (χ1n) is 9.62. The van der Waals surface area contributed by atoms with Gasteiger partial charge in [-0.25, -0.2) is 18.7 Å². The summed E-state index contributed by atoms with van der Waals surface area (Å²) < 4.78 is 31.0. The molecule has 31 heavy (non-hydrogen) atoms. The lowest BCUT2D eigenvalue weighted by molar-refractivity contribution is -0.153. The number of hydrogen-bond acceptors (Lipinski definition) is 7. The van der Waals surface area contributed by atoms with Gasteiger partial charge in [0.15, 0.2) is 18.2 Å². The second-order valence-electron chi connectivity index (χ2n) is 6.87. The molecule has 1 aliphatic rings. The van der Waals surface area contributed by atoms with E-state index in [-0.39, 0.29) is 11.6 Å². The summed E-state index contributed by atoms with van der Waals surface area (Å²) in [4.78, 5) is 46.1. The van der Waals surface area contributed by atoms with Gasteiger partial charge in [0.25, 0.3) is 5.91 Å². The molecule has 0 bridgehead atoms. The number of carbonyl (C=O) groups is 3. The molecule has 0 radical (unpaired) electrons. The highest BCUT2D eigenvalue weighted by atomic mass is 19.2. The van der Waals surface area contributed by atoms with Crippen LogP contribution >= 0.6 is 0 Å². The highest BCUT2D eigenvalue weighted by molar-refractivity contribution is 5.94. The molecule has 2 amide bonds. The summed E-state index contributed by atoms with van der Waals surface area (Å²) in [6, 6.07) is 4.62. The number of halogens is 2. The third kappa shape index (κ3) is 6.43. The number of hydrogen-bond donors (Lipinski definition) is 2. The van der Waals surface area contributed by atoms with Crippen LogP contribution < -0.4 is 15.5 Å². The molecule has 1 aromatic heterocycles. The van der Waals surface area contributed by atoms with E-state index in [4.69, 9.17) is 4.74 Å². The van der Waals surface area contributed by atoms with Gasteiger partial charge >= 0.3 is 5.97 Å². The second-order valence-corrected chi connectivity index (χ2v) is 6.87. The summed E-state index contributed by atoms with van der Waals surface area (Å²) >= 11 is 0. The lowest BCUT2D eigenvalue weighted by Gasteiger charge is -2.30. The summed E-state index contributed by atoms with van der Waals surface area (Å²) in [5.41, 5.74) is 0.0526. The number of ether oxygens (including phenoxy) is 1. The molecule has 0 atom stereocenters. The maximum Gasteiger partial charge on any atom is 0.309 e. The highest BCUT2D eigenvalue weighted by Gasteiger charge is 2.27. The van der Waals surface area contributed by atoms with Crippen LogP contribution in [0.25, 0.3) is 0 Å².